The van der Waals surface area contributed by atoms with Gasteiger partial charge in [0.2, 0.25) is 0 Å². The number of likely N-dealkylation sites (tertiary alicyclic amines) is 1. The number of piperidine rings is 1. The molecular formula is C15H24N2O. The zero-order chi connectivity index (χ0) is 13.1. The fourth-order valence-electron chi connectivity index (χ4n) is 2.83. The van der Waals surface area contributed by atoms with Crippen molar-refractivity contribution in [3.8, 4) is 5.75 Å². The second-order valence-corrected chi connectivity index (χ2v) is 5.37. The van der Waals surface area contributed by atoms with Crippen molar-refractivity contribution in [3.05, 3.63) is 23.8 Å². The first kappa shape index (κ1) is 13.2. The Morgan fingerprint density at radius 2 is 1.94 bits per heavy atom. The second-order valence-electron chi connectivity index (χ2n) is 5.37. The number of anilines is 1. The first-order chi connectivity index (χ1) is 8.61. The summed E-state index contributed by atoms with van der Waals surface area (Å²) < 4.78 is 5.19. The summed E-state index contributed by atoms with van der Waals surface area (Å²) in [5.74, 6) is 0.830. The molecule has 1 aromatic rings. The van der Waals surface area contributed by atoms with E-state index in [1.54, 1.807) is 7.11 Å². The van der Waals surface area contributed by atoms with Gasteiger partial charge in [-0.1, -0.05) is 12.5 Å². The third-order valence-electron chi connectivity index (χ3n) is 4.08. The van der Waals surface area contributed by atoms with E-state index in [-0.39, 0.29) is 0 Å². The molecule has 0 radical (unpaired) electrons. The molecule has 3 nitrogen and oxygen atoms in total. The first-order valence-corrected chi connectivity index (χ1v) is 6.80. The lowest BCUT2D eigenvalue weighted by atomic mass is 9.96. The molecule has 0 aliphatic carbocycles. The summed E-state index contributed by atoms with van der Waals surface area (Å²) in [6.45, 7) is 5.57. The second kappa shape index (κ2) is 5.61. The molecule has 0 spiro atoms. The summed E-state index contributed by atoms with van der Waals surface area (Å²) in [7, 11) is 1.67. The Morgan fingerprint density at radius 3 is 2.50 bits per heavy atom. The van der Waals surface area contributed by atoms with Crippen LogP contribution < -0.4 is 10.5 Å². The summed E-state index contributed by atoms with van der Waals surface area (Å²) in [4.78, 5) is 2.56. The highest BCUT2D eigenvalue weighted by molar-refractivity contribution is 5.51. The molecule has 0 amide bonds. The SMILES string of the molecule is COc1ccc(CN2[C@H](C)CCC[C@@H]2C)c(N)c1. The van der Waals surface area contributed by atoms with Crippen LogP contribution >= 0.6 is 0 Å². The van der Waals surface area contributed by atoms with Crippen molar-refractivity contribution >= 4 is 5.69 Å². The number of benzene rings is 1. The molecule has 0 aromatic heterocycles. The highest BCUT2D eigenvalue weighted by Crippen LogP contribution is 2.27. The van der Waals surface area contributed by atoms with E-state index in [0.717, 1.165) is 18.0 Å². The fourth-order valence-corrected chi connectivity index (χ4v) is 2.83. The monoisotopic (exact) mass is 248 g/mol. The van der Waals surface area contributed by atoms with Gasteiger partial charge in [-0.15, -0.1) is 0 Å². The molecule has 1 heterocycles. The lowest BCUT2D eigenvalue weighted by Gasteiger charge is -2.39. The van der Waals surface area contributed by atoms with Crippen molar-refractivity contribution in [1.29, 1.82) is 0 Å². The number of nitrogens with two attached hydrogens (primary N) is 1. The minimum atomic E-state index is 0.648. The van der Waals surface area contributed by atoms with Crippen LogP contribution in [-0.4, -0.2) is 24.1 Å². The van der Waals surface area contributed by atoms with Crippen LogP contribution in [0.5, 0.6) is 5.75 Å². The van der Waals surface area contributed by atoms with Gasteiger partial charge in [-0.05, 0) is 38.3 Å². The summed E-state index contributed by atoms with van der Waals surface area (Å²) in [5.41, 5.74) is 8.14. The average Bonchev–Trinajstić information content (AvgIpc) is 2.35. The van der Waals surface area contributed by atoms with E-state index in [0.29, 0.717) is 12.1 Å². The van der Waals surface area contributed by atoms with E-state index in [1.165, 1.54) is 24.8 Å². The Kier molecular flexibility index (Phi) is 4.12. The van der Waals surface area contributed by atoms with E-state index < -0.39 is 0 Å². The van der Waals surface area contributed by atoms with Gasteiger partial charge in [0.25, 0.3) is 0 Å². The Labute approximate surface area is 110 Å². The molecule has 2 rings (SSSR count). The van der Waals surface area contributed by atoms with E-state index in [4.69, 9.17) is 10.5 Å². The summed E-state index contributed by atoms with van der Waals surface area (Å²) in [6.07, 6.45) is 3.93. The molecule has 0 saturated carbocycles. The Balaban J connectivity index is 2.12. The van der Waals surface area contributed by atoms with Crippen LogP contribution in [0.4, 0.5) is 5.69 Å². The molecule has 3 heteroatoms. The number of hydrogen-bond acceptors (Lipinski definition) is 3. The molecule has 0 unspecified atom stereocenters. The smallest absolute Gasteiger partial charge is 0.120 e. The largest absolute Gasteiger partial charge is 0.497 e. The van der Waals surface area contributed by atoms with Crippen LogP contribution in [0.25, 0.3) is 0 Å². The minimum absolute atomic E-state index is 0.648. The average molecular weight is 248 g/mol. The van der Waals surface area contributed by atoms with Gasteiger partial charge in [0.05, 0.1) is 7.11 Å². The third-order valence-corrected chi connectivity index (χ3v) is 4.08. The van der Waals surface area contributed by atoms with Crippen molar-refractivity contribution in [2.24, 2.45) is 0 Å². The molecule has 2 atom stereocenters. The predicted octanol–water partition coefficient (Wildman–Crippen LogP) is 3.04. The number of nitrogen functional groups attached to an aromatic ring is 1. The topological polar surface area (TPSA) is 38.5 Å². The molecular weight excluding hydrogens is 224 g/mol. The first-order valence-electron chi connectivity index (χ1n) is 6.80. The molecule has 1 aliphatic rings. The lowest BCUT2D eigenvalue weighted by Crippen LogP contribution is -2.43. The van der Waals surface area contributed by atoms with E-state index in [1.807, 2.05) is 12.1 Å². The van der Waals surface area contributed by atoms with Crippen LogP contribution in [0.15, 0.2) is 18.2 Å². The van der Waals surface area contributed by atoms with Gasteiger partial charge in [0.15, 0.2) is 0 Å². The summed E-state index contributed by atoms with van der Waals surface area (Å²) >= 11 is 0. The van der Waals surface area contributed by atoms with Crippen molar-refractivity contribution in [3.63, 3.8) is 0 Å². The maximum atomic E-state index is 6.10. The van der Waals surface area contributed by atoms with Gasteiger partial charge >= 0.3 is 0 Å². The van der Waals surface area contributed by atoms with Crippen LogP contribution in [-0.2, 0) is 6.54 Å². The molecule has 100 valence electrons. The van der Waals surface area contributed by atoms with E-state index >= 15 is 0 Å². The minimum Gasteiger partial charge on any atom is -0.497 e. The van der Waals surface area contributed by atoms with E-state index in [2.05, 4.69) is 24.8 Å². The molecule has 0 bridgehead atoms. The summed E-state index contributed by atoms with van der Waals surface area (Å²) in [5, 5.41) is 0. The van der Waals surface area contributed by atoms with Crippen molar-refractivity contribution in [2.75, 3.05) is 12.8 Å². The van der Waals surface area contributed by atoms with Crippen molar-refractivity contribution in [1.82, 2.24) is 4.90 Å². The molecule has 2 N–H and O–H groups in total. The zero-order valence-electron chi connectivity index (χ0n) is 11.6. The van der Waals surface area contributed by atoms with Crippen molar-refractivity contribution in [2.45, 2.75) is 51.7 Å². The van der Waals surface area contributed by atoms with Crippen LogP contribution in [0.1, 0.15) is 38.7 Å². The van der Waals surface area contributed by atoms with Gasteiger partial charge in [-0.3, -0.25) is 4.90 Å². The molecule has 1 aromatic carbocycles. The van der Waals surface area contributed by atoms with Gasteiger partial charge in [-0.2, -0.15) is 0 Å². The van der Waals surface area contributed by atoms with Crippen LogP contribution in [0, 0.1) is 0 Å². The van der Waals surface area contributed by atoms with Crippen LogP contribution in [0.2, 0.25) is 0 Å². The van der Waals surface area contributed by atoms with Crippen molar-refractivity contribution < 1.29 is 4.74 Å². The maximum Gasteiger partial charge on any atom is 0.120 e. The standard InChI is InChI=1S/C15H24N2O/c1-11-5-4-6-12(2)17(11)10-13-7-8-14(18-3)9-15(13)16/h7-9,11-12H,4-6,10,16H2,1-3H3/t11-,12+. The highest BCUT2D eigenvalue weighted by atomic mass is 16.5. The molecule has 1 aliphatic heterocycles. The number of methoxy groups -OCH3 is 1. The van der Waals surface area contributed by atoms with E-state index in [9.17, 15) is 0 Å². The third kappa shape index (κ3) is 2.78. The van der Waals surface area contributed by atoms with Gasteiger partial charge in [-0.25, -0.2) is 0 Å². The molecule has 1 saturated heterocycles. The lowest BCUT2D eigenvalue weighted by molar-refractivity contribution is 0.0955. The Morgan fingerprint density at radius 1 is 1.28 bits per heavy atom. The quantitative estimate of drug-likeness (QED) is 0.836. The zero-order valence-corrected chi connectivity index (χ0v) is 11.6. The number of hydrogen-bond donors (Lipinski definition) is 1. The Hall–Kier alpha value is -1.22. The van der Waals surface area contributed by atoms with Crippen LogP contribution in [0.3, 0.4) is 0 Å². The Bertz CT molecular complexity index is 395. The van der Waals surface area contributed by atoms with Gasteiger partial charge in [0.1, 0.15) is 5.75 Å². The fraction of sp³-hybridized carbons (Fsp3) is 0.600. The molecule has 18 heavy (non-hydrogen) atoms. The number of ether oxygens (including phenoxy) is 1. The maximum absolute atomic E-state index is 6.10. The van der Waals surface area contributed by atoms with Gasteiger partial charge in [0, 0.05) is 30.4 Å². The number of nitrogens with zero attached hydrogens (tertiary/aromatic N) is 1. The normalized spacial score (nSPS) is 25.1. The van der Waals surface area contributed by atoms with Gasteiger partial charge < -0.3 is 10.5 Å². The molecule has 1 fully saturated rings. The number of rotatable bonds is 3. The highest BCUT2D eigenvalue weighted by Gasteiger charge is 2.24. The summed E-state index contributed by atoms with van der Waals surface area (Å²) in [6, 6.07) is 7.28. The predicted molar refractivity (Wildman–Crippen MR) is 75.7 cm³/mol.